The minimum atomic E-state index is -1.68. The van der Waals surface area contributed by atoms with Gasteiger partial charge in [0, 0.05) is 34.9 Å². The van der Waals surface area contributed by atoms with Crippen molar-refractivity contribution in [2.24, 2.45) is 5.73 Å². The second-order valence-electron chi connectivity index (χ2n) is 7.65. The number of ether oxygens (including phenoxy) is 2. The summed E-state index contributed by atoms with van der Waals surface area (Å²) >= 11 is 1.57. The number of thiophene rings is 1. The summed E-state index contributed by atoms with van der Waals surface area (Å²) in [7, 11) is 0. The van der Waals surface area contributed by atoms with Gasteiger partial charge in [-0.05, 0) is 24.4 Å². The number of nitrogens with two attached hydrogens (primary N) is 1. The quantitative estimate of drug-likeness (QED) is 0.716. The summed E-state index contributed by atoms with van der Waals surface area (Å²) in [5, 5.41) is 4.78. The lowest BCUT2D eigenvalue weighted by atomic mass is 9.63. The van der Waals surface area contributed by atoms with Crippen LogP contribution in [0.4, 0.5) is 5.69 Å². The van der Waals surface area contributed by atoms with E-state index in [2.05, 4.69) is 5.32 Å². The van der Waals surface area contributed by atoms with Gasteiger partial charge in [-0.25, -0.2) is 4.79 Å². The molecule has 1 aromatic heterocycles. The number of anilines is 1. The van der Waals surface area contributed by atoms with Gasteiger partial charge >= 0.3 is 5.97 Å². The Morgan fingerprint density at radius 1 is 1.26 bits per heavy atom. The van der Waals surface area contributed by atoms with Gasteiger partial charge in [0.1, 0.15) is 16.7 Å². The second-order valence-corrected chi connectivity index (χ2v) is 8.63. The molecule has 3 heterocycles. The number of hydrogen-bond donors (Lipinski definition) is 2. The van der Waals surface area contributed by atoms with Crippen molar-refractivity contribution in [3.05, 3.63) is 75.0 Å². The Kier molecular flexibility index (Phi) is 4.48. The molecule has 2 atom stereocenters. The highest BCUT2D eigenvalue weighted by atomic mass is 32.1. The van der Waals surface area contributed by atoms with E-state index in [0.717, 1.165) is 4.88 Å². The van der Waals surface area contributed by atoms with Gasteiger partial charge in [0.05, 0.1) is 12.2 Å². The van der Waals surface area contributed by atoms with Crippen LogP contribution in [0.1, 0.15) is 36.1 Å². The highest BCUT2D eigenvalue weighted by Gasteiger charge is 2.62. The maximum Gasteiger partial charge on any atom is 0.341 e. The standard InChI is InChI=1S/C23H20N2O5S/c1-2-29-21(27)19-20(24)30-16-11-12(17-8-5-9-31-17)10-15(26)18(16)23(19)13-6-3-4-7-14(13)25-22(23)28/h3-9,12H,2,10-11,24H2,1H3,(H,25,28)/t12-,23-/m1/s1. The Morgan fingerprint density at radius 3 is 2.81 bits per heavy atom. The molecule has 2 aromatic rings. The third-order valence-corrected chi connectivity index (χ3v) is 7.03. The zero-order chi connectivity index (χ0) is 21.8. The monoisotopic (exact) mass is 436 g/mol. The van der Waals surface area contributed by atoms with Gasteiger partial charge in [-0.1, -0.05) is 24.3 Å². The smallest absolute Gasteiger partial charge is 0.341 e. The van der Waals surface area contributed by atoms with Crippen molar-refractivity contribution in [3.8, 4) is 0 Å². The van der Waals surface area contributed by atoms with Crippen LogP contribution < -0.4 is 11.1 Å². The van der Waals surface area contributed by atoms with E-state index in [9.17, 15) is 14.4 Å². The molecular formula is C23H20N2O5S. The number of benzene rings is 1. The number of carbonyl (C=O) groups excluding carboxylic acids is 3. The van der Waals surface area contributed by atoms with Crippen LogP contribution in [0.15, 0.2) is 64.6 Å². The number of nitrogens with one attached hydrogen (secondary N) is 1. The molecule has 0 radical (unpaired) electrons. The molecule has 1 aliphatic carbocycles. The molecule has 0 saturated carbocycles. The van der Waals surface area contributed by atoms with E-state index < -0.39 is 17.3 Å². The number of rotatable bonds is 3. The third-order valence-electron chi connectivity index (χ3n) is 6.00. The molecule has 5 rings (SSSR count). The van der Waals surface area contributed by atoms with E-state index in [1.807, 2.05) is 17.5 Å². The second kappa shape index (κ2) is 7.09. The number of esters is 1. The molecule has 1 amide bonds. The molecule has 3 N–H and O–H groups in total. The minimum absolute atomic E-state index is 0.0695. The van der Waals surface area contributed by atoms with Crippen LogP contribution in [-0.2, 0) is 29.3 Å². The number of Topliss-reactive ketones (excluding diaryl/α,β-unsaturated/α-hetero) is 1. The summed E-state index contributed by atoms with van der Waals surface area (Å²) in [6.45, 7) is 1.75. The van der Waals surface area contributed by atoms with E-state index in [-0.39, 0.29) is 41.8 Å². The van der Waals surface area contributed by atoms with Gasteiger partial charge in [-0.15, -0.1) is 11.3 Å². The van der Waals surface area contributed by atoms with E-state index in [0.29, 0.717) is 23.4 Å². The number of hydrogen-bond acceptors (Lipinski definition) is 7. The van der Waals surface area contributed by atoms with Gasteiger partial charge in [-0.3, -0.25) is 9.59 Å². The van der Waals surface area contributed by atoms with Crippen molar-refractivity contribution in [1.29, 1.82) is 0 Å². The Morgan fingerprint density at radius 2 is 2.06 bits per heavy atom. The highest BCUT2D eigenvalue weighted by molar-refractivity contribution is 7.10. The number of para-hydroxylation sites is 1. The van der Waals surface area contributed by atoms with Crippen LogP contribution >= 0.6 is 11.3 Å². The number of fused-ring (bicyclic) bond motifs is 3. The van der Waals surface area contributed by atoms with Gasteiger partial charge in [0.2, 0.25) is 11.8 Å². The highest BCUT2D eigenvalue weighted by Crippen LogP contribution is 2.55. The molecule has 1 spiro atoms. The minimum Gasteiger partial charge on any atom is -0.462 e. The predicted octanol–water partition coefficient (Wildman–Crippen LogP) is 3.10. The molecular weight excluding hydrogens is 416 g/mol. The van der Waals surface area contributed by atoms with E-state index in [1.165, 1.54) is 0 Å². The van der Waals surface area contributed by atoms with E-state index in [1.54, 1.807) is 42.5 Å². The Labute approximate surface area is 182 Å². The molecule has 3 aliphatic rings. The maximum absolute atomic E-state index is 13.6. The number of ketones is 1. The molecule has 0 unspecified atom stereocenters. The SMILES string of the molecule is CCOC(=O)C1=C(N)OC2=C(C(=O)C[C@@H](c3cccs3)C2)[C@@]12C(=O)Nc1ccccc12. The largest absolute Gasteiger partial charge is 0.462 e. The first-order chi connectivity index (χ1) is 15.0. The van der Waals surface area contributed by atoms with Gasteiger partial charge in [0.15, 0.2) is 5.78 Å². The average molecular weight is 436 g/mol. The molecule has 1 aromatic carbocycles. The lowest BCUT2D eigenvalue weighted by molar-refractivity contribution is -0.141. The lowest BCUT2D eigenvalue weighted by Crippen LogP contribution is -2.49. The number of allylic oxidation sites excluding steroid dienone is 1. The van der Waals surface area contributed by atoms with Gasteiger partial charge in [0.25, 0.3) is 0 Å². The van der Waals surface area contributed by atoms with Crippen molar-refractivity contribution in [2.45, 2.75) is 31.1 Å². The first-order valence-corrected chi connectivity index (χ1v) is 10.9. The summed E-state index contributed by atoms with van der Waals surface area (Å²) in [6.07, 6.45) is 0.630. The summed E-state index contributed by atoms with van der Waals surface area (Å²) in [5.41, 5.74) is 5.63. The van der Waals surface area contributed by atoms with Crippen LogP contribution in [0.25, 0.3) is 0 Å². The zero-order valence-electron chi connectivity index (χ0n) is 16.8. The molecule has 8 heteroatoms. The third kappa shape index (κ3) is 2.68. The average Bonchev–Trinajstić information content (AvgIpc) is 3.36. The fourth-order valence-corrected chi connectivity index (χ4v) is 5.65. The van der Waals surface area contributed by atoms with Crippen molar-refractivity contribution < 1.29 is 23.9 Å². The first-order valence-electron chi connectivity index (χ1n) is 10.0. The molecule has 31 heavy (non-hydrogen) atoms. The lowest BCUT2D eigenvalue weighted by Gasteiger charge is -2.39. The molecule has 0 bridgehead atoms. The van der Waals surface area contributed by atoms with E-state index in [4.69, 9.17) is 15.2 Å². The van der Waals surface area contributed by atoms with Crippen molar-refractivity contribution in [2.75, 3.05) is 11.9 Å². The fourth-order valence-electron chi connectivity index (χ4n) is 4.82. The molecule has 158 valence electrons. The van der Waals surface area contributed by atoms with Crippen LogP contribution in [0.2, 0.25) is 0 Å². The summed E-state index contributed by atoms with van der Waals surface area (Å²) in [4.78, 5) is 41.2. The predicted molar refractivity (Wildman–Crippen MR) is 114 cm³/mol. The van der Waals surface area contributed by atoms with Crippen molar-refractivity contribution in [3.63, 3.8) is 0 Å². The topological polar surface area (TPSA) is 108 Å². The van der Waals surface area contributed by atoms with Crippen LogP contribution in [0.5, 0.6) is 0 Å². The number of amides is 1. The zero-order valence-corrected chi connectivity index (χ0v) is 17.6. The van der Waals surface area contributed by atoms with Gasteiger partial charge < -0.3 is 20.5 Å². The fraction of sp³-hybridized carbons (Fsp3) is 0.261. The summed E-state index contributed by atoms with van der Waals surface area (Å²) in [6, 6.07) is 10.9. The summed E-state index contributed by atoms with van der Waals surface area (Å²) in [5.74, 6) is -1.44. The molecule has 2 aliphatic heterocycles. The maximum atomic E-state index is 13.6. The van der Waals surface area contributed by atoms with Crippen LogP contribution in [0.3, 0.4) is 0 Å². The Bertz CT molecular complexity index is 1180. The van der Waals surface area contributed by atoms with Crippen LogP contribution in [-0.4, -0.2) is 24.3 Å². The van der Waals surface area contributed by atoms with Crippen molar-refractivity contribution >= 4 is 34.7 Å². The molecule has 0 saturated heterocycles. The first kappa shape index (κ1) is 19.6. The summed E-state index contributed by atoms with van der Waals surface area (Å²) < 4.78 is 11.1. The van der Waals surface area contributed by atoms with Gasteiger partial charge in [-0.2, -0.15) is 0 Å². The van der Waals surface area contributed by atoms with Crippen molar-refractivity contribution in [1.82, 2.24) is 0 Å². The number of carbonyl (C=O) groups is 3. The van der Waals surface area contributed by atoms with Crippen LogP contribution in [0, 0.1) is 0 Å². The molecule has 0 fully saturated rings. The Hall–Kier alpha value is -3.39. The Balaban J connectivity index is 1.75. The normalized spacial score (nSPS) is 24.6. The van der Waals surface area contributed by atoms with E-state index >= 15 is 0 Å². The molecule has 7 nitrogen and oxygen atoms in total.